The van der Waals surface area contributed by atoms with E-state index < -0.39 is 18.5 Å². The number of ketones is 1. The van der Waals surface area contributed by atoms with Crippen LogP contribution in [0.25, 0.3) is 0 Å². The number of amidine groups is 1. The van der Waals surface area contributed by atoms with E-state index in [1.807, 2.05) is 0 Å². The largest absolute Gasteiger partial charge is 0.482 e. The van der Waals surface area contributed by atoms with Crippen LogP contribution in [0.5, 0.6) is 5.75 Å². The highest BCUT2D eigenvalue weighted by Gasteiger charge is 2.14. The average Bonchev–Trinajstić information content (AvgIpc) is 2.65. The maximum absolute atomic E-state index is 12.0. The smallest absolute Gasteiger partial charge is 0.351 e. The van der Waals surface area contributed by atoms with Gasteiger partial charge in [0.25, 0.3) is 0 Å². The van der Waals surface area contributed by atoms with Crippen molar-refractivity contribution >= 4 is 23.6 Å². The molecule has 0 fully saturated rings. The van der Waals surface area contributed by atoms with E-state index >= 15 is 0 Å². The van der Waals surface area contributed by atoms with E-state index in [0.29, 0.717) is 16.9 Å². The summed E-state index contributed by atoms with van der Waals surface area (Å²) in [6, 6.07) is 14.8. The summed E-state index contributed by atoms with van der Waals surface area (Å²) in [5, 5.41) is 7.29. The van der Waals surface area contributed by atoms with E-state index in [2.05, 4.69) is 4.74 Å². The maximum Gasteiger partial charge on any atom is 0.351 e. The summed E-state index contributed by atoms with van der Waals surface area (Å²) in [5.74, 6) is -1.49. The van der Waals surface area contributed by atoms with Gasteiger partial charge in [-0.1, -0.05) is 42.5 Å². The number of hydrogen-bond acceptors (Lipinski definition) is 6. The van der Waals surface area contributed by atoms with Gasteiger partial charge in [-0.3, -0.25) is 15.0 Å². The van der Waals surface area contributed by atoms with Crippen LogP contribution in [0.2, 0.25) is 0 Å². The summed E-state index contributed by atoms with van der Waals surface area (Å²) in [4.78, 5) is 35.2. The monoisotopic (exact) mass is 354 g/mol. The van der Waals surface area contributed by atoms with Crippen molar-refractivity contribution < 1.29 is 23.9 Å². The molecule has 0 atom stereocenters. The molecule has 0 aliphatic carbocycles. The lowest BCUT2D eigenvalue weighted by Crippen LogP contribution is -2.19. The first kappa shape index (κ1) is 18.9. The first-order valence-electron chi connectivity index (χ1n) is 7.84. The Bertz CT molecular complexity index is 800. The third kappa shape index (κ3) is 5.86. The van der Waals surface area contributed by atoms with Crippen LogP contribution < -0.4 is 10.5 Å². The Morgan fingerprint density at radius 2 is 1.46 bits per heavy atom. The standard InChI is InChI=1S/C19H18N2O5/c20-19(21)14-8-6-13(7-9-14)16(22)10-11-17(23)26-18(24)12-25-15-4-2-1-3-5-15/h1-9H,10-12H2,(H3,20,21). The number of nitrogen functional groups attached to an aromatic ring is 1. The predicted molar refractivity (Wildman–Crippen MR) is 94.1 cm³/mol. The van der Waals surface area contributed by atoms with Crippen molar-refractivity contribution in [2.75, 3.05) is 6.61 Å². The fourth-order valence-electron chi connectivity index (χ4n) is 2.06. The van der Waals surface area contributed by atoms with E-state index in [-0.39, 0.29) is 24.5 Å². The van der Waals surface area contributed by atoms with Gasteiger partial charge in [-0.15, -0.1) is 0 Å². The minimum Gasteiger partial charge on any atom is -0.482 e. The lowest BCUT2D eigenvalue weighted by Gasteiger charge is -2.06. The second-order valence-corrected chi connectivity index (χ2v) is 5.36. The number of carbonyl (C=O) groups excluding carboxylic acids is 3. The molecule has 2 aromatic rings. The van der Waals surface area contributed by atoms with Crippen molar-refractivity contribution in [1.29, 1.82) is 5.41 Å². The van der Waals surface area contributed by atoms with Gasteiger partial charge in [0, 0.05) is 17.5 Å². The Morgan fingerprint density at radius 3 is 2.08 bits per heavy atom. The Labute approximate surface area is 150 Å². The average molecular weight is 354 g/mol. The molecule has 7 nitrogen and oxygen atoms in total. The van der Waals surface area contributed by atoms with E-state index in [1.165, 1.54) is 12.1 Å². The molecule has 26 heavy (non-hydrogen) atoms. The van der Waals surface area contributed by atoms with Gasteiger partial charge in [-0.05, 0) is 12.1 Å². The van der Waals surface area contributed by atoms with Crippen molar-refractivity contribution in [2.24, 2.45) is 5.73 Å². The highest BCUT2D eigenvalue weighted by atomic mass is 16.6. The van der Waals surface area contributed by atoms with Gasteiger partial charge in [0.15, 0.2) is 12.4 Å². The number of hydrogen-bond donors (Lipinski definition) is 2. The second-order valence-electron chi connectivity index (χ2n) is 5.36. The molecule has 0 radical (unpaired) electrons. The Balaban J connectivity index is 1.74. The molecule has 7 heteroatoms. The molecule has 2 aromatic carbocycles. The van der Waals surface area contributed by atoms with Crippen LogP contribution in [0.15, 0.2) is 54.6 Å². The van der Waals surface area contributed by atoms with E-state index in [4.69, 9.17) is 15.9 Å². The molecule has 0 aliphatic rings. The van der Waals surface area contributed by atoms with Crippen LogP contribution in [0.1, 0.15) is 28.8 Å². The van der Waals surface area contributed by atoms with E-state index in [0.717, 1.165) is 0 Å². The normalized spacial score (nSPS) is 10.0. The van der Waals surface area contributed by atoms with Crippen LogP contribution >= 0.6 is 0 Å². The summed E-state index contributed by atoms with van der Waals surface area (Å²) >= 11 is 0. The molecule has 3 N–H and O–H groups in total. The lowest BCUT2D eigenvalue weighted by molar-refractivity contribution is -0.161. The molecule has 0 saturated carbocycles. The fraction of sp³-hybridized carbons (Fsp3) is 0.158. The van der Waals surface area contributed by atoms with Crippen molar-refractivity contribution in [1.82, 2.24) is 0 Å². The van der Waals surface area contributed by atoms with Crippen LogP contribution in [0, 0.1) is 5.41 Å². The topological polar surface area (TPSA) is 120 Å². The molecule has 0 aromatic heterocycles. The summed E-state index contributed by atoms with van der Waals surface area (Å²) in [6.45, 7) is -0.393. The maximum atomic E-state index is 12.0. The summed E-state index contributed by atoms with van der Waals surface area (Å²) in [7, 11) is 0. The fourth-order valence-corrected chi connectivity index (χ4v) is 2.06. The number of rotatable bonds is 8. The Kier molecular flexibility index (Phi) is 6.61. The van der Waals surface area contributed by atoms with Gasteiger partial charge < -0.3 is 15.2 Å². The number of Topliss-reactive ketones (excluding diaryl/α,β-unsaturated/α-hetero) is 1. The van der Waals surface area contributed by atoms with Gasteiger partial charge >= 0.3 is 11.9 Å². The zero-order valence-corrected chi connectivity index (χ0v) is 13.9. The molecule has 0 bridgehead atoms. The molecule has 0 unspecified atom stereocenters. The minimum absolute atomic E-state index is 0.0922. The van der Waals surface area contributed by atoms with Crippen molar-refractivity contribution in [2.45, 2.75) is 12.8 Å². The predicted octanol–water partition coefficient (Wildman–Crippen LogP) is 2.08. The summed E-state index contributed by atoms with van der Waals surface area (Å²) in [5.41, 5.74) is 6.24. The third-order valence-corrected chi connectivity index (χ3v) is 3.40. The number of esters is 2. The first-order chi connectivity index (χ1) is 12.5. The third-order valence-electron chi connectivity index (χ3n) is 3.40. The van der Waals surface area contributed by atoms with E-state index in [1.54, 1.807) is 42.5 Å². The molecule has 0 spiro atoms. The summed E-state index contributed by atoms with van der Waals surface area (Å²) < 4.78 is 9.78. The van der Waals surface area contributed by atoms with Gasteiger partial charge in [0.1, 0.15) is 11.6 Å². The second kappa shape index (κ2) is 9.12. The molecule has 0 amide bonds. The van der Waals surface area contributed by atoms with Crippen molar-refractivity contribution in [3.05, 3.63) is 65.7 Å². The Hall–Kier alpha value is -3.48. The molecule has 0 aliphatic heterocycles. The molecule has 2 rings (SSSR count). The first-order valence-corrected chi connectivity index (χ1v) is 7.84. The van der Waals surface area contributed by atoms with Crippen LogP contribution in [0.3, 0.4) is 0 Å². The molecule has 0 heterocycles. The van der Waals surface area contributed by atoms with Gasteiger partial charge in [0.2, 0.25) is 0 Å². The SMILES string of the molecule is N=C(N)c1ccc(C(=O)CCC(=O)OC(=O)COc2ccccc2)cc1. The van der Waals surface area contributed by atoms with Gasteiger partial charge in [-0.25, -0.2) is 4.79 Å². The number of nitrogens with two attached hydrogens (primary N) is 1. The number of carbonyl (C=O) groups is 3. The van der Waals surface area contributed by atoms with Crippen LogP contribution in [-0.4, -0.2) is 30.2 Å². The zero-order valence-electron chi connectivity index (χ0n) is 13.9. The lowest BCUT2D eigenvalue weighted by atomic mass is 10.0. The molecule has 0 saturated heterocycles. The van der Waals surface area contributed by atoms with E-state index in [9.17, 15) is 14.4 Å². The number of benzene rings is 2. The van der Waals surface area contributed by atoms with Gasteiger partial charge in [-0.2, -0.15) is 0 Å². The number of ether oxygens (including phenoxy) is 2. The highest BCUT2D eigenvalue weighted by molar-refractivity contribution is 6.00. The summed E-state index contributed by atoms with van der Waals surface area (Å²) in [6.07, 6.45) is -0.310. The zero-order chi connectivity index (χ0) is 18.9. The molecule has 134 valence electrons. The van der Waals surface area contributed by atoms with Crippen molar-refractivity contribution in [3.63, 3.8) is 0 Å². The van der Waals surface area contributed by atoms with Crippen LogP contribution in [0.4, 0.5) is 0 Å². The van der Waals surface area contributed by atoms with Crippen molar-refractivity contribution in [3.8, 4) is 5.75 Å². The number of nitrogens with one attached hydrogen (secondary N) is 1. The van der Waals surface area contributed by atoms with Crippen LogP contribution in [-0.2, 0) is 14.3 Å². The highest BCUT2D eigenvalue weighted by Crippen LogP contribution is 2.10. The minimum atomic E-state index is -0.822. The number of para-hydroxylation sites is 1. The molecular formula is C19H18N2O5. The molecular weight excluding hydrogens is 336 g/mol. The quantitative estimate of drug-likeness (QED) is 0.246. The van der Waals surface area contributed by atoms with Gasteiger partial charge in [0.05, 0.1) is 6.42 Å². The Morgan fingerprint density at radius 1 is 0.846 bits per heavy atom.